The van der Waals surface area contributed by atoms with Crippen LogP contribution in [0.1, 0.15) is 55.0 Å². The number of methoxy groups -OCH3 is 2. The molecule has 12 nitrogen and oxygen atoms in total. The highest BCUT2D eigenvalue weighted by molar-refractivity contribution is 7.98. The van der Waals surface area contributed by atoms with Crippen molar-refractivity contribution in [3.63, 3.8) is 0 Å². The number of amides is 1. The Labute approximate surface area is 291 Å². The first-order valence-electron chi connectivity index (χ1n) is 16.8. The van der Waals surface area contributed by atoms with Crippen LogP contribution < -0.4 is 31.0 Å². The Hall–Kier alpha value is -3.62. The SMILES string of the molecule is CO[C@H]1CN(c2ccc(-c3cc(CC(=O)NCc4c(SC)cc(C)[nH]c4=O)c(C)c4c3OC(C)(C3CCC(N)CC3)O4)cn2)C[C@@H](OC)O1. The molecule has 3 atom stereocenters. The lowest BCUT2D eigenvalue weighted by Crippen LogP contribution is -2.49. The van der Waals surface area contributed by atoms with Crippen molar-refractivity contribution in [2.24, 2.45) is 11.7 Å². The van der Waals surface area contributed by atoms with Crippen LogP contribution in [0.2, 0.25) is 0 Å². The smallest absolute Gasteiger partial charge is 0.254 e. The number of nitrogens with zero attached hydrogens (tertiary/aromatic N) is 2. The normalized spacial score (nSPS) is 25.0. The molecular formula is C36H47N5O7S. The number of nitrogens with one attached hydrogen (secondary N) is 2. The zero-order valence-corrected chi connectivity index (χ0v) is 29.9. The molecule has 2 aliphatic heterocycles. The van der Waals surface area contributed by atoms with Crippen LogP contribution in [0.25, 0.3) is 11.1 Å². The third-order valence-corrected chi connectivity index (χ3v) is 10.7. The predicted molar refractivity (Wildman–Crippen MR) is 188 cm³/mol. The highest BCUT2D eigenvalue weighted by atomic mass is 32.2. The second-order valence-corrected chi connectivity index (χ2v) is 14.1. The van der Waals surface area contributed by atoms with Crippen molar-refractivity contribution in [3.8, 4) is 22.6 Å². The van der Waals surface area contributed by atoms with E-state index >= 15 is 0 Å². The van der Waals surface area contributed by atoms with E-state index in [0.29, 0.717) is 30.2 Å². The summed E-state index contributed by atoms with van der Waals surface area (Å²) in [6, 6.07) is 8.08. The number of carbonyl (C=O) groups excluding carboxylic acids is 1. The second kappa shape index (κ2) is 14.7. The van der Waals surface area contributed by atoms with Gasteiger partial charge >= 0.3 is 0 Å². The molecule has 1 unspecified atom stereocenters. The molecule has 0 bridgehead atoms. The Kier molecular flexibility index (Phi) is 10.6. The quantitative estimate of drug-likeness (QED) is 0.259. The Morgan fingerprint density at radius 3 is 2.43 bits per heavy atom. The third kappa shape index (κ3) is 7.46. The lowest BCUT2D eigenvalue weighted by molar-refractivity contribution is -0.235. The number of hydrogen-bond acceptors (Lipinski definition) is 11. The van der Waals surface area contributed by atoms with Gasteiger partial charge in [0.2, 0.25) is 5.91 Å². The fourth-order valence-corrected chi connectivity index (χ4v) is 7.68. The standard InChI is InChI=1S/C36H47N5O7S/c1-20-13-28(49-6)27(35(43)40-20)17-39-30(42)15-23-14-26(22-7-12-29(38-16-22)41-18-31(44-4)46-32(19-41)45-5)34-33(21(23)2)47-36(3,48-34)24-8-10-25(37)11-9-24/h7,12-14,16,24-25,31-32H,8-11,15,17-19,37H2,1-6H3,(H,39,42)(H,40,43)/t24?,25?,31-,32+,36?. The fourth-order valence-electron chi connectivity index (χ4n) is 6.97. The molecule has 2 fully saturated rings. The maximum atomic E-state index is 13.4. The molecule has 1 amide bonds. The van der Waals surface area contributed by atoms with Gasteiger partial charge in [-0.3, -0.25) is 9.59 Å². The van der Waals surface area contributed by atoms with Gasteiger partial charge in [-0.1, -0.05) is 0 Å². The largest absolute Gasteiger partial charge is 0.448 e. The summed E-state index contributed by atoms with van der Waals surface area (Å²) >= 11 is 1.48. The number of pyridine rings is 2. The van der Waals surface area contributed by atoms with E-state index in [0.717, 1.165) is 64.3 Å². The molecule has 0 radical (unpaired) electrons. The van der Waals surface area contributed by atoms with Gasteiger partial charge in [0.1, 0.15) is 5.82 Å². The molecule has 49 heavy (non-hydrogen) atoms. The summed E-state index contributed by atoms with van der Waals surface area (Å²) in [4.78, 5) is 36.7. The number of morpholine rings is 1. The topological polar surface area (TPSA) is 150 Å². The monoisotopic (exact) mass is 693 g/mol. The van der Waals surface area contributed by atoms with E-state index in [-0.39, 0.29) is 36.4 Å². The zero-order valence-electron chi connectivity index (χ0n) is 29.1. The van der Waals surface area contributed by atoms with Crippen LogP contribution in [0.4, 0.5) is 5.82 Å². The molecule has 0 spiro atoms. The summed E-state index contributed by atoms with van der Waals surface area (Å²) in [5.74, 6) is 1.15. The molecule has 6 rings (SSSR count). The van der Waals surface area contributed by atoms with Crippen LogP contribution in [0.3, 0.4) is 0 Å². The van der Waals surface area contributed by atoms with Crippen LogP contribution in [-0.2, 0) is 32.0 Å². The zero-order chi connectivity index (χ0) is 34.9. The number of ether oxygens (including phenoxy) is 5. The summed E-state index contributed by atoms with van der Waals surface area (Å²) in [5, 5.41) is 2.96. The van der Waals surface area contributed by atoms with Gasteiger partial charge in [-0.2, -0.15) is 0 Å². The van der Waals surface area contributed by atoms with E-state index in [4.69, 9.17) is 34.4 Å². The van der Waals surface area contributed by atoms with Crippen LogP contribution >= 0.6 is 11.8 Å². The van der Waals surface area contributed by atoms with Crippen molar-refractivity contribution in [1.82, 2.24) is 15.3 Å². The van der Waals surface area contributed by atoms with Crippen LogP contribution in [0.15, 0.2) is 40.2 Å². The summed E-state index contributed by atoms with van der Waals surface area (Å²) in [5.41, 5.74) is 10.6. The maximum Gasteiger partial charge on any atom is 0.254 e. The Balaban J connectivity index is 1.30. The van der Waals surface area contributed by atoms with Gasteiger partial charge in [0.25, 0.3) is 11.3 Å². The van der Waals surface area contributed by atoms with E-state index in [1.165, 1.54) is 11.8 Å². The van der Waals surface area contributed by atoms with Crippen LogP contribution in [-0.4, -0.2) is 73.8 Å². The molecule has 1 aliphatic carbocycles. The van der Waals surface area contributed by atoms with Gasteiger partial charge in [-0.15, -0.1) is 11.8 Å². The first kappa shape index (κ1) is 35.2. The number of aryl methyl sites for hydroxylation is 1. The van der Waals surface area contributed by atoms with Crippen LogP contribution in [0, 0.1) is 19.8 Å². The van der Waals surface area contributed by atoms with Crippen molar-refractivity contribution in [1.29, 1.82) is 0 Å². The Morgan fingerprint density at radius 2 is 1.80 bits per heavy atom. The number of thioether (sulfide) groups is 1. The number of fused-ring (bicyclic) bond motifs is 1. The maximum absolute atomic E-state index is 13.4. The van der Waals surface area contributed by atoms with Crippen molar-refractivity contribution in [2.45, 2.75) is 88.7 Å². The third-order valence-electron chi connectivity index (χ3n) is 9.93. The fraction of sp³-hybridized carbons (Fsp3) is 0.528. The number of aromatic nitrogens is 2. The highest BCUT2D eigenvalue weighted by Gasteiger charge is 2.47. The molecule has 1 aromatic carbocycles. The van der Waals surface area contributed by atoms with Crippen molar-refractivity contribution in [3.05, 3.63) is 63.2 Å². The molecular weight excluding hydrogens is 646 g/mol. The molecule has 3 aliphatic rings. The van der Waals surface area contributed by atoms with Gasteiger partial charge < -0.3 is 44.6 Å². The average molecular weight is 694 g/mol. The number of H-pyrrole nitrogens is 1. The van der Waals surface area contributed by atoms with E-state index in [1.54, 1.807) is 14.2 Å². The number of aromatic amines is 1. The minimum absolute atomic E-state index is 0.0962. The van der Waals surface area contributed by atoms with Crippen LogP contribution in [0.5, 0.6) is 11.5 Å². The van der Waals surface area contributed by atoms with Gasteiger partial charge in [-0.25, -0.2) is 4.98 Å². The molecule has 1 saturated carbocycles. The second-order valence-electron chi connectivity index (χ2n) is 13.3. The Bertz CT molecular complexity index is 1710. The van der Waals surface area contributed by atoms with Crippen molar-refractivity contribution in [2.75, 3.05) is 38.5 Å². The number of benzene rings is 1. The first-order chi connectivity index (χ1) is 23.5. The van der Waals surface area contributed by atoms with Gasteiger partial charge in [0.05, 0.1) is 19.5 Å². The van der Waals surface area contributed by atoms with E-state index in [9.17, 15) is 9.59 Å². The molecule has 264 valence electrons. The molecule has 1 saturated heterocycles. The molecule has 4 N–H and O–H groups in total. The summed E-state index contributed by atoms with van der Waals surface area (Å²) in [7, 11) is 3.21. The van der Waals surface area contributed by atoms with Crippen molar-refractivity contribution < 1.29 is 28.5 Å². The molecule has 2 aromatic heterocycles. The number of carbonyl (C=O) groups is 1. The number of hydrogen-bond donors (Lipinski definition) is 3. The average Bonchev–Trinajstić information content (AvgIpc) is 3.47. The lowest BCUT2D eigenvalue weighted by Gasteiger charge is -2.37. The predicted octanol–water partition coefficient (Wildman–Crippen LogP) is 4.42. The minimum atomic E-state index is -0.866. The number of rotatable bonds is 10. The molecule has 4 heterocycles. The van der Waals surface area contributed by atoms with Gasteiger partial charge in [-0.05, 0) is 81.2 Å². The lowest BCUT2D eigenvalue weighted by atomic mass is 9.81. The number of nitrogens with two attached hydrogens (primary N) is 1. The van der Waals surface area contributed by atoms with Gasteiger partial charge in [0.15, 0.2) is 24.1 Å². The van der Waals surface area contributed by atoms with E-state index in [2.05, 4.69) is 15.2 Å². The summed E-state index contributed by atoms with van der Waals surface area (Å²) < 4.78 is 30.2. The van der Waals surface area contributed by atoms with Gasteiger partial charge in [0, 0.05) is 73.1 Å². The molecule has 3 aromatic rings. The minimum Gasteiger partial charge on any atom is -0.448 e. The van der Waals surface area contributed by atoms with Crippen molar-refractivity contribution >= 4 is 23.5 Å². The summed E-state index contributed by atoms with van der Waals surface area (Å²) in [6.07, 6.45) is 6.60. The molecule has 13 heteroatoms. The first-order valence-corrected chi connectivity index (χ1v) is 18.0. The van der Waals surface area contributed by atoms with E-state index < -0.39 is 18.4 Å². The van der Waals surface area contributed by atoms with E-state index in [1.807, 2.05) is 57.5 Å². The Morgan fingerprint density at radius 1 is 1.10 bits per heavy atom. The number of anilines is 1. The summed E-state index contributed by atoms with van der Waals surface area (Å²) in [6.45, 7) is 6.96. The highest BCUT2D eigenvalue weighted by Crippen LogP contribution is 2.52.